The summed E-state index contributed by atoms with van der Waals surface area (Å²) in [6.07, 6.45) is 3.71. The van der Waals surface area contributed by atoms with Crippen LogP contribution in [0, 0.1) is 0 Å². The van der Waals surface area contributed by atoms with Gasteiger partial charge in [-0.25, -0.2) is 4.68 Å². The molecule has 0 amide bonds. The molecule has 4 aromatic rings. The highest BCUT2D eigenvalue weighted by molar-refractivity contribution is 9.10. The van der Waals surface area contributed by atoms with Crippen molar-refractivity contribution < 1.29 is 0 Å². The van der Waals surface area contributed by atoms with Crippen molar-refractivity contribution >= 4 is 26.8 Å². The van der Waals surface area contributed by atoms with Crippen LogP contribution in [0.5, 0.6) is 0 Å². The lowest BCUT2D eigenvalue weighted by molar-refractivity contribution is 0.895. The van der Waals surface area contributed by atoms with E-state index in [4.69, 9.17) is 0 Å². The van der Waals surface area contributed by atoms with Crippen molar-refractivity contribution in [2.45, 2.75) is 0 Å². The van der Waals surface area contributed by atoms with Crippen LogP contribution in [0.1, 0.15) is 0 Å². The van der Waals surface area contributed by atoms with Gasteiger partial charge < -0.3 is 0 Å². The van der Waals surface area contributed by atoms with Gasteiger partial charge in [0.15, 0.2) is 0 Å². The van der Waals surface area contributed by atoms with Crippen molar-refractivity contribution in [1.29, 1.82) is 0 Å². The summed E-state index contributed by atoms with van der Waals surface area (Å²) < 4.78 is 2.90. The molecule has 4 rings (SSSR count). The maximum atomic E-state index is 4.69. The molecule has 2 aromatic carbocycles. The summed E-state index contributed by atoms with van der Waals surface area (Å²) in [6.45, 7) is 0. The molecule has 0 radical (unpaired) electrons. The number of rotatable bonds is 2. The van der Waals surface area contributed by atoms with E-state index in [-0.39, 0.29) is 0 Å². The highest BCUT2D eigenvalue weighted by Crippen LogP contribution is 2.25. The largest absolute Gasteiger partial charge is 0.240 e. The van der Waals surface area contributed by atoms with Gasteiger partial charge in [0, 0.05) is 21.6 Å². The number of benzene rings is 2. The molecule has 0 bridgehead atoms. The maximum Gasteiger partial charge on any atom is 0.122 e. The molecule has 0 aliphatic rings. The topological polar surface area (TPSA) is 43.6 Å². The van der Waals surface area contributed by atoms with E-state index < -0.39 is 0 Å². The molecule has 0 unspecified atom stereocenters. The van der Waals surface area contributed by atoms with Gasteiger partial charge in [0.1, 0.15) is 11.2 Å². The summed E-state index contributed by atoms with van der Waals surface area (Å²) in [5, 5.41) is 14.0. The lowest BCUT2D eigenvalue weighted by Crippen LogP contribution is -1.94. The predicted molar refractivity (Wildman–Crippen MR) is 89.8 cm³/mol. The van der Waals surface area contributed by atoms with Crippen molar-refractivity contribution in [1.82, 2.24) is 20.0 Å². The molecule has 0 saturated heterocycles. The normalized spacial score (nSPS) is 11.0. The van der Waals surface area contributed by atoms with Gasteiger partial charge in [0.2, 0.25) is 0 Å². The van der Waals surface area contributed by atoms with Crippen LogP contribution in [0.15, 0.2) is 71.5 Å². The molecule has 0 atom stereocenters. The Hall–Kier alpha value is -2.53. The zero-order valence-corrected chi connectivity index (χ0v) is 13.1. The Morgan fingerprint density at radius 1 is 0.909 bits per heavy atom. The van der Waals surface area contributed by atoms with E-state index in [0.717, 1.165) is 32.3 Å². The summed E-state index contributed by atoms with van der Waals surface area (Å²) in [4.78, 5) is 0. The first-order valence-electron chi connectivity index (χ1n) is 6.84. The van der Waals surface area contributed by atoms with Crippen LogP contribution in [-0.2, 0) is 0 Å². The molecular formula is C17H11BrN4. The quantitative estimate of drug-likeness (QED) is 0.542. The molecule has 0 aliphatic carbocycles. The first-order chi connectivity index (χ1) is 10.8. The number of nitrogens with zero attached hydrogens (tertiary/aromatic N) is 4. The van der Waals surface area contributed by atoms with Gasteiger partial charge in [-0.15, -0.1) is 5.10 Å². The van der Waals surface area contributed by atoms with Crippen molar-refractivity contribution in [3.05, 3.63) is 71.5 Å². The highest BCUT2D eigenvalue weighted by atomic mass is 79.9. The molecule has 2 aromatic heterocycles. The molecule has 0 aliphatic heterocycles. The Balaban J connectivity index is 1.89. The molecule has 0 fully saturated rings. The lowest BCUT2D eigenvalue weighted by atomic mass is 10.1. The van der Waals surface area contributed by atoms with Crippen LogP contribution in [-0.4, -0.2) is 20.0 Å². The van der Waals surface area contributed by atoms with Crippen molar-refractivity contribution in [3.8, 4) is 16.9 Å². The highest BCUT2D eigenvalue weighted by Gasteiger charge is 2.11. The molecule has 4 nitrogen and oxygen atoms in total. The molecule has 0 N–H and O–H groups in total. The van der Waals surface area contributed by atoms with Crippen LogP contribution in [0.4, 0.5) is 0 Å². The Morgan fingerprint density at radius 2 is 1.68 bits per heavy atom. The monoisotopic (exact) mass is 350 g/mol. The second-order valence-corrected chi connectivity index (χ2v) is 5.83. The van der Waals surface area contributed by atoms with E-state index >= 15 is 0 Å². The van der Waals surface area contributed by atoms with Gasteiger partial charge in [-0.05, 0) is 24.3 Å². The second-order valence-electron chi connectivity index (χ2n) is 4.91. The molecule has 0 spiro atoms. The third-order valence-electron chi connectivity index (χ3n) is 3.46. The Kier molecular flexibility index (Phi) is 3.20. The number of halogens is 1. The van der Waals surface area contributed by atoms with Gasteiger partial charge in [0.25, 0.3) is 0 Å². The van der Waals surface area contributed by atoms with Crippen LogP contribution >= 0.6 is 15.9 Å². The summed E-state index contributed by atoms with van der Waals surface area (Å²) in [7, 11) is 0. The fourth-order valence-electron chi connectivity index (χ4n) is 2.38. The minimum Gasteiger partial charge on any atom is -0.240 e. The van der Waals surface area contributed by atoms with Crippen molar-refractivity contribution in [2.75, 3.05) is 0 Å². The van der Waals surface area contributed by atoms with Crippen molar-refractivity contribution in [3.63, 3.8) is 0 Å². The zero-order chi connectivity index (χ0) is 14.9. The maximum absolute atomic E-state index is 4.69. The van der Waals surface area contributed by atoms with Gasteiger partial charge in [0.05, 0.1) is 11.9 Å². The Labute approximate surface area is 135 Å². The summed E-state index contributed by atoms with van der Waals surface area (Å²) in [5.74, 6) is 0. The molecule has 5 heteroatoms. The van der Waals surface area contributed by atoms with Crippen LogP contribution in [0.2, 0.25) is 0 Å². The first-order valence-corrected chi connectivity index (χ1v) is 7.63. The molecule has 0 saturated carbocycles. The van der Waals surface area contributed by atoms with E-state index in [0.29, 0.717) is 0 Å². The lowest BCUT2D eigenvalue weighted by Gasteiger charge is -2.01. The zero-order valence-electron chi connectivity index (χ0n) is 11.5. The van der Waals surface area contributed by atoms with E-state index in [9.17, 15) is 0 Å². The average molecular weight is 351 g/mol. The second kappa shape index (κ2) is 5.35. The summed E-state index contributed by atoms with van der Waals surface area (Å²) in [5.41, 5.74) is 3.66. The number of aromatic nitrogens is 4. The minimum absolute atomic E-state index is 0.800. The van der Waals surface area contributed by atoms with E-state index in [1.165, 1.54) is 0 Å². The van der Waals surface area contributed by atoms with Crippen LogP contribution < -0.4 is 0 Å². The SMILES string of the molecule is Brc1ccc(-n2cc3cnnc(-c4ccccc4)c3n2)cc1. The third kappa shape index (κ3) is 2.29. The van der Waals surface area contributed by atoms with E-state index in [1.54, 1.807) is 6.20 Å². The minimum atomic E-state index is 0.800. The summed E-state index contributed by atoms with van der Waals surface area (Å²) in [6, 6.07) is 18.0. The number of hydrogen-bond donors (Lipinski definition) is 0. The Bertz CT molecular complexity index is 930. The van der Waals surface area contributed by atoms with E-state index in [2.05, 4.69) is 31.2 Å². The Morgan fingerprint density at radius 3 is 2.45 bits per heavy atom. The fraction of sp³-hybridized carbons (Fsp3) is 0. The molecule has 22 heavy (non-hydrogen) atoms. The fourth-order valence-corrected chi connectivity index (χ4v) is 2.64. The smallest absolute Gasteiger partial charge is 0.122 e. The standard InChI is InChI=1S/C17H11BrN4/c18-14-6-8-15(9-7-14)22-11-13-10-19-20-16(17(13)21-22)12-4-2-1-3-5-12/h1-11H. The summed E-state index contributed by atoms with van der Waals surface area (Å²) >= 11 is 3.45. The predicted octanol–water partition coefficient (Wildman–Crippen LogP) is 4.25. The van der Waals surface area contributed by atoms with E-state index in [1.807, 2.05) is 65.5 Å². The van der Waals surface area contributed by atoms with Gasteiger partial charge in [-0.1, -0.05) is 46.3 Å². The molecular weight excluding hydrogens is 340 g/mol. The van der Waals surface area contributed by atoms with Crippen molar-refractivity contribution in [2.24, 2.45) is 0 Å². The van der Waals surface area contributed by atoms with Gasteiger partial charge in [-0.3, -0.25) is 0 Å². The van der Waals surface area contributed by atoms with Crippen LogP contribution in [0.3, 0.4) is 0 Å². The first kappa shape index (κ1) is 13.2. The third-order valence-corrected chi connectivity index (χ3v) is 3.99. The molecule has 2 heterocycles. The number of fused-ring (bicyclic) bond motifs is 1. The van der Waals surface area contributed by atoms with Gasteiger partial charge in [-0.2, -0.15) is 10.2 Å². The number of hydrogen-bond acceptors (Lipinski definition) is 3. The van der Waals surface area contributed by atoms with Gasteiger partial charge >= 0.3 is 0 Å². The molecule has 106 valence electrons. The van der Waals surface area contributed by atoms with Crippen LogP contribution in [0.25, 0.3) is 27.8 Å². The average Bonchev–Trinajstić information content (AvgIpc) is 3.00.